The first kappa shape index (κ1) is 15.8. The zero-order chi connectivity index (χ0) is 15.2. The van der Waals surface area contributed by atoms with Gasteiger partial charge >= 0.3 is 5.97 Å². The minimum absolute atomic E-state index is 0.0738. The van der Waals surface area contributed by atoms with Crippen LogP contribution >= 0.6 is 12.2 Å². The van der Waals surface area contributed by atoms with Crippen LogP contribution in [0.5, 0.6) is 0 Å². The van der Waals surface area contributed by atoms with Crippen molar-refractivity contribution in [2.75, 3.05) is 25.0 Å². The summed E-state index contributed by atoms with van der Waals surface area (Å²) < 4.78 is 5.12. The molecule has 0 saturated carbocycles. The van der Waals surface area contributed by atoms with Crippen molar-refractivity contribution < 1.29 is 9.53 Å². The van der Waals surface area contributed by atoms with E-state index in [0.29, 0.717) is 18.3 Å². The van der Waals surface area contributed by atoms with Gasteiger partial charge in [-0.3, -0.25) is 4.79 Å². The zero-order valence-corrected chi connectivity index (χ0v) is 13.4. The molecule has 1 atom stereocenters. The number of nitrogens with one attached hydrogen (secondary N) is 1. The van der Waals surface area contributed by atoms with Gasteiger partial charge in [-0.15, -0.1) is 0 Å². The van der Waals surface area contributed by atoms with Crippen molar-refractivity contribution in [3.05, 3.63) is 29.8 Å². The Bertz CT molecular complexity index is 519. The SMILES string of the molecule is CCOC(=O)[C@H]1CCCN(C(=S)Nc2ccccc2C)C1. The highest BCUT2D eigenvalue weighted by molar-refractivity contribution is 7.80. The number of ether oxygens (including phenoxy) is 1. The van der Waals surface area contributed by atoms with Gasteiger partial charge in [-0.05, 0) is 50.5 Å². The number of rotatable bonds is 3. The molecule has 0 aromatic heterocycles. The summed E-state index contributed by atoms with van der Waals surface area (Å²) in [6.07, 6.45) is 1.83. The number of anilines is 1. The fourth-order valence-electron chi connectivity index (χ4n) is 2.52. The van der Waals surface area contributed by atoms with Gasteiger partial charge in [-0.2, -0.15) is 0 Å². The summed E-state index contributed by atoms with van der Waals surface area (Å²) in [6, 6.07) is 8.04. The number of hydrogen-bond acceptors (Lipinski definition) is 3. The van der Waals surface area contributed by atoms with Crippen molar-refractivity contribution in [1.82, 2.24) is 4.90 Å². The topological polar surface area (TPSA) is 41.6 Å². The van der Waals surface area contributed by atoms with Gasteiger partial charge in [-0.25, -0.2) is 0 Å². The smallest absolute Gasteiger partial charge is 0.310 e. The van der Waals surface area contributed by atoms with Crippen LogP contribution in [0, 0.1) is 12.8 Å². The van der Waals surface area contributed by atoms with E-state index < -0.39 is 0 Å². The predicted octanol–water partition coefficient (Wildman–Crippen LogP) is 2.97. The second-order valence-electron chi connectivity index (χ2n) is 5.28. The molecule has 21 heavy (non-hydrogen) atoms. The van der Waals surface area contributed by atoms with Crippen LogP contribution in [-0.2, 0) is 9.53 Å². The van der Waals surface area contributed by atoms with E-state index in [4.69, 9.17) is 17.0 Å². The number of para-hydroxylation sites is 1. The first-order valence-corrected chi connectivity index (χ1v) is 7.80. The maximum atomic E-state index is 11.9. The number of esters is 1. The average molecular weight is 306 g/mol. The van der Waals surface area contributed by atoms with E-state index in [1.165, 1.54) is 0 Å². The first-order valence-electron chi connectivity index (χ1n) is 7.40. The fraction of sp³-hybridized carbons (Fsp3) is 0.500. The van der Waals surface area contributed by atoms with Crippen molar-refractivity contribution in [3.63, 3.8) is 0 Å². The molecule has 1 aromatic rings. The molecule has 0 spiro atoms. The molecule has 5 heteroatoms. The van der Waals surface area contributed by atoms with Gasteiger partial charge < -0.3 is 15.0 Å². The molecule has 0 aliphatic carbocycles. The quantitative estimate of drug-likeness (QED) is 0.687. The summed E-state index contributed by atoms with van der Waals surface area (Å²) in [6.45, 7) is 5.83. The van der Waals surface area contributed by atoms with Crippen molar-refractivity contribution >= 4 is 29.0 Å². The summed E-state index contributed by atoms with van der Waals surface area (Å²) in [7, 11) is 0. The third kappa shape index (κ3) is 4.17. The van der Waals surface area contributed by atoms with Crippen LogP contribution in [0.25, 0.3) is 0 Å². The molecule has 1 heterocycles. The lowest BCUT2D eigenvalue weighted by atomic mass is 9.98. The van der Waals surface area contributed by atoms with Crippen LogP contribution in [-0.4, -0.2) is 35.7 Å². The Morgan fingerprint density at radius 3 is 2.95 bits per heavy atom. The molecule has 1 aliphatic rings. The molecule has 114 valence electrons. The van der Waals surface area contributed by atoms with Crippen molar-refractivity contribution in [3.8, 4) is 0 Å². The Hall–Kier alpha value is -1.62. The minimum Gasteiger partial charge on any atom is -0.466 e. The fourth-order valence-corrected chi connectivity index (χ4v) is 2.80. The van der Waals surface area contributed by atoms with Gasteiger partial charge in [-0.1, -0.05) is 18.2 Å². The highest BCUT2D eigenvalue weighted by Gasteiger charge is 2.28. The van der Waals surface area contributed by atoms with Gasteiger partial charge in [0.25, 0.3) is 0 Å². The molecular formula is C16H22N2O2S. The van der Waals surface area contributed by atoms with E-state index in [1.807, 2.05) is 38.1 Å². The summed E-state index contributed by atoms with van der Waals surface area (Å²) >= 11 is 5.48. The minimum atomic E-state index is -0.110. The third-order valence-corrected chi connectivity index (χ3v) is 4.08. The van der Waals surface area contributed by atoms with E-state index in [2.05, 4.69) is 10.2 Å². The van der Waals surface area contributed by atoms with Crippen molar-refractivity contribution in [2.45, 2.75) is 26.7 Å². The number of carbonyl (C=O) groups excluding carboxylic acids is 1. The molecule has 1 aliphatic heterocycles. The predicted molar refractivity (Wildman–Crippen MR) is 88.3 cm³/mol. The van der Waals surface area contributed by atoms with Gasteiger partial charge in [0.1, 0.15) is 0 Å². The van der Waals surface area contributed by atoms with Crippen LogP contribution in [0.2, 0.25) is 0 Å². The summed E-state index contributed by atoms with van der Waals surface area (Å²) in [4.78, 5) is 13.9. The maximum Gasteiger partial charge on any atom is 0.310 e. The Balaban J connectivity index is 1.96. The molecule has 4 nitrogen and oxygen atoms in total. The number of aryl methyl sites for hydroxylation is 1. The number of likely N-dealkylation sites (tertiary alicyclic amines) is 1. The molecule has 0 radical (unpaired) electrons. The molecule has 1 fully saturated rings. The van der Waals surface area contributed by atoms with E-state index >= 15 is 0 Å². The molecule has 2 rings (SSSR count). The van der Waals surface area contributed by atoms with Crippen LogP contribution in [0.3, 0.4) is 0 Å². The van der Waals surface area contributed by atoms with Crippen LogP contribution in [0.1, 0.15) is 25.3 Å². The number of carbonyl (C=O) groups is 1. The second kappa shape index (κ2) is 7.41. The Labute approximate surface area is 131 Å². The number of benzene rings is 1. The summed E-state index contributed by atoms with van der Waals surface area (Å²) in [5, 5.41) is 3.96. The molecule has 1 aromatic carbocycles. The van der Waals surface area contributed by atoms with E-state index in [9.17, 15) is 4.79 Å². The Morgan fingerprint density at radius 2 is 2.24 bits per heavy atom. The third-order valence-electron chi connectivity index (χ3n) is 3.72. The molecular weight excluding hydrogens is 284 g/mol. The number of thiocarbonyl (C=S) groups is 1. The van der Waals surface area contributed by atoms with E-state index in [1.54, 1.807) is 0 Å². The monoisotopic (exact) mass is 306 g/mol. The first-order chi connectivity index (χ1) is 10.1. The van der Waals surface area contributed by atoms with Crippen LogP contribution < -0.4 is 5.32 Å². The lowest BCUT2D eigenvalue weighted by Gasteiger charge is -2.33. The van der Waals surface area contributed by atoms with Gasteiger partial charge in [0.2, 0.25) is 0 Å². The lowest BCUT2D eigenvalue weighted by molar-refractivity contribution is -0.149. The summed E-state index contributed by atoms with van der Waals surface area (Å²) in [5.41, 5.74) is 2.17. The van der Waals surface area contributed by atoms with E-state index in [-0.39, 0.29) is 11.9 Å². The van der Waals surface area contributed by atoms with Crippen molar-refractivity contribution in [1.29, 1.82) is 0 Å². The van der Waals surface area contributed by atoms with Gasteiger partial charge in [0, 0.05) is 18.8 Å². The largest absolute Gasteiger partial charge is 0.466 e. The van der Waals surface area contributed by atoms with Crippen molar-refractivity contribution in [2.24, 2.45) is 5.92 Å². The molecule has 0 bridgehead atoms. The Kier molecular flexibility index (Phi) is 5.56. The molecule has 1 saturated heterocycles. The summed E-state index contributed by atoms with van der Waals surface area (Å²) in [5.74, 6) is -0.184. The zero-order valence-electron chi connectivity index (χ0n) is 12.6. The lowest BCUT2D eigenvalue weighted by Crippen LogP contribution is -2.44. The maximum absolute atomic E-state index is 11.9. The molecule has 0 unspecified atom stereocenters. The standard InChI is InChI=1S/C16H22N2O2S/c1-3-20-15(19)13-8-6-10-18(11-13)16(21)17-14-9-5-4-7-12(14)2/h4-5,7,9,13H,3,6,8,10-11H2,1-2H3,(H,17,21)/t13-/m0/s1. The highest BCUT2D eigenvalue weighted by Crippen LogP contribution is 2.20. The Morgan fingerprint density at radius 1 is 1.48 bits per heavy atom. The second-order valence-corrected chi connectivity index (χ2v) is 5.67. The highest BCUT2D eigenvalue weighted by atomic mass is 32.1. The molecule has 1 N–H and O–H groups in total. The van der Waals surface area contributed by atoms with Crippen LogP contribution in [0.15, 0.2) is 24.3 Å². The van der Waals surface area contributed by atoms with Gasteiger partial charge in [0.15, 0.2) is 5.11 Å². The number of nitrogens with zero attached hydrogens (tertiary/aromatic N) is 1. The number of piperidine rings is 1. The van der Waals surface area contributed by atoms with Crippen LogP contribution in [0.4, 0.5) is 5.69 Å². The van der Waals surface area contributed by atoms with E-state index in [0.717, 1.165) is 30.6 Å². The molecule has 0 amide bonds. The normalized spacial score (nSPS) is 18.2. The van der Waals surface area contributed by atoms with Gasteiger partial charge in [0.05, 0.1) is 12.5 Å². The number of hydrogen-bond donors (Lipinski definition) is 1. The average Bonchev–Trinajstić information content (AvgIpc) is 2.50.